The highest BCUT2D eigenvalue weighted by atomic mass is 35.5. The molecule has 0 amide bonds. The summed E-state index contributed by atoms with van der Waals surface area (Å²) in [4.78, 5) is 6.49. The fourth-order valence-corrected chi connectivity index (χ4v) is 4.25. The largest absolute Gasteiger partial charge is 0.372 e. The second-order valence-electron chi connectivity index (χ2n) is 5.58. The first-order chi connectivity index (χ1) is 9.99. The molecule has 21 heavy (non-hydrogen) atoms. The Morgan fingerprint density at radius 1 is 1.38 bits per heavy atom. The van der Waals surface area contributed by atoms with Crippen LogP contribution in [0.25, 0.3) is 0 Å². The van der Waals surface area contributed by atoms with Crippen molar-refractivity contribution in [1.29, 1.82) is 0 Å². The standard InChI is InChI=1S/C13H19ClN4O2S/c1-15-13-12(14)6-11(7-16-13)21(19,20)17-9-4-5-18(8-9)10-2-3-10/h6-7,9-10,17H,2-5,8H2,1H3,(H,15,16). The van der Waals surface area contributed by atoms with E-state index in [0.29, 0.717) is 16.9 Å². The molecule has 1 saturated heterocycles. The van der Waals surface area contributed by atoms with E-state index in [0.717, 1.165) is 19.5 Å². The number of sulfonamides is 1. The van der Waals surface area contributed by atoms with Crippen LogP contribution in [-0.2, 0) is 10.0 Å². The molecule has 1 saturated carbocycles. The second kappa shape index (κ2) is 5.72. The molecule has 1 aromatic heterocycles. The van der Waals surface area contributed by atoms with Crippen LogP contribution in [0.5, 0.6) is 0 Å². The van der Waals surface area contributed by atoms with Crippen molar-refractivity contribution in [3.8, 4) is 0 Å². The summed E-state index contributed by atoms with van der Waals surface area (Å²) >= 11 is 6.00. The van der Waals surface area contributed by atoms with Crippen molar-refractivity contribution in [2.24, 2.45) is 0 Å². The SMILES string of the molecule is CNc1ncc(S(=O)(=O)NC2CCN(C3CC3)C2)cc1Cl. The van der Waals surface area contributed by atoms with Crippen molar-refractivity contribution in [2.75, 3.05) is 25.5 Å². The lowest BCUT2D eigenvalue weighted by molar-refractivity contribution is 0.322. The molecule has 0 spiro atoms. The number of anilines is 1. The fourth-order valence-electron chi connectivity index (χ4n) is 2.69. The van der Waals surface area contributed by atoms with Crippen LogP contribution in [0, 0.1) is 0 Å². The minimum Gasteiger partial charge on any atom is -0.372 e. The van der Waals surface area contributed by atoms with Gasteiger partial charge in [0.05, 0.1) is 5.02 Å². The third kappa shape index (κ3) is 3.31. The predicted octanol–water partition coefficient (Wildman–Crippen LogP) is 1.29. The quantitative estimate of drug-likeness (QED) is 0.851. The Balaban J connectivity index is 1.70. The van der Waals surface area contributed by atoms with Crippen LogP contribution in [0.4, 0.5) is 5.82 Å². The molecular weight excluding hydrogens is 312 g/mol. The molecule has 0 aromatic carbocycles. The molecule has 1 aromatic rings. The number of hydrogen-bond acceptors (Lipinski definition) is 5. The predicted molar refractivity (Wildman–Crippen MR) is 82.1 cm³/mol. The van der Waals surface area contributed by atoms with E-state index in [2.05, 4.69) is 19.9 Å². The molecule has 1 aliphatic heterocycles. The molecule has 1 unspecified atom stereocenters. The van der Waals surface area contributed by atoms with Gasteiger partial charge >= 0.3 is 0 Å². The third-order valence-electron chi connectivity index (χ3n) is 3.97. The van der Waals surface area contributed by atoms with E-state index < -0.39 is 10.0 Å². The number of hydrogen-bond donors (Lipinski definition) is 2. The third-order valence-corrected chi connectivity index (χ3v) is 5.74. The number of halogens is 1. The van der Waals surface area contributed by atoms with Gasteiger partial charge in [-0.1, -0.05) is 11.6 Å². The Bertz CT molecular complexity index is 633. The molecule has 6 nitrogen and oxygen atoms in total. The summed E-state index contributed by atoms with van der Waals surface area (Å²) in [5.41, 5.74) is 0. The Labute approximate surface area is 129 Å². The maximum atomic E-state index is 12.4. The van der Waals surface area contributed by atoms with E-state index in [4.69, 9.17) is 11.6 Å². The summed E-state index contributed by atoms with van der Waals surface area (Å²) in [6.45, 7) is 1.76. The topological polar surface area (TPSA) is 74.3 Å². The van der Waals surface area contributed by atoms with Gasteiger partial charge < -0.3 is 5.32 Å². The molecule has 3 rings (SSSR count). The zero-order valence-corrected chi connectivity index (χ0v) is 13.4. The lowest BCUT2D eigenvalue weighted by atomic mass is 10.3. The minimum atomic E-state index is -3.57. The van der Waals surface area contributed by atoms with E-state index in [1.54, 1.807) is 7.05 Å². The molecule has 1 aliphatic carbocycles. The number of aromatic nitrogens is 1. The fraction of sp³-hybridized carbons (Fsp3) is 0.615. The molecule has 0 radical (unpaired) electrons. The Morgan fingerprint density at radius 3 is 2.76 bits per heavy atom. The molecular formula is C13H19ClN4O2S. The highest BCUT2D eigenvalue weighted by Crippen LogP contribution is 2.30. The van der Waals surface area contributed by atoms with Crippen molar-refractivity contribution in [3.63, 3.8) is 0 Å². The van der Waals surface area contributed by atoms with E-state index in [1.165, 1.54) is 25.1 Å². The van der Waals surface area contributed by atoms with Gasteiger partial charge in [0.2, 0.25) is 10.0 Å². The van der Waals surface area contributed by atoms with Crippen LogP contribution in [0.3, 0.4) is 0 Å². The minimum absolute atomic E-state index is 0.0293. The van der Waals surface area contributed by atoms with Gasteiger partial charge in [0.15, 0.2) is 0 Å². The highest BCUT2D eigenvalue weighted by Gasteiger charge is 2.35. The normalized spacial score (nSPS) is 23.4. The molecule has 8 heteroatoms. The van der Waals surface area contributed by atoms with Gasteiger partial charge in [-0.15, -0.1) is 0 Å². The molecule has 2 heterocycles. The average molecular weight is 331 g/mol. The second-order valence-corrected chi connectivity index (χ2v) is 7.71. The number of likely N-dealkylation sites (tertiary alicyclic amines) is 1. The van der Waals surface area contributed by atoms with E-state index in [-0.39, 0.29) is 10.9 Å². The Morgan fingerprint density at radius 2 is 2.14 bits per heavy atom. The first kappa shape index (κ1) is 15.0. The lowest BCUT2D eigenvalue weighted by Crippen LogP contribution is -2.37. The van der Waals surface area contributed by atoms with Gasteiger partial charge in [-0.2, -0.15) is 0 Å². The van der Waals surface area contributed by atoms with Crippen molar-refractivity contribution in [2.45, 2.75) is 36.2 Å². The number of pyridine rings is 1. The Hall–Kier alpha value is -0.890. The van der Waals surface area contributed by atoms with Crippen LogP contribution in [0.1, 0.15) is 19.3 Å². The van der Waals surface area contributed by atoms with Crippen LogP contribution < -0.4 is 10.0 Å². The van der Waals surface area contributed by atoms with Crippen LogP contribution >= 0.6 is 11.6 Å². The summed E-state index contributed by atoms with van der Waals surface area (Å²) in [5, 5.41) is 3.10. The molecule has 0 bridgehead atoms. The average Bonchev–Trinajstić information content (AvgIpc) is 3.19. The summed E-state index contributed by atoms with van der Waals surface area (Å²) < 4.78 is 27.5. The first-order valence-electron chi connectivity index (χ1n) is 7.09. The highest BCUT2D eigenvalue weighted by molar-refractivity contribution is 7.89. The van der Waals surface area contributed by atoms with Crippen molar-refractivity contribution in [3.05, 3.63) is 17.3 Å². The van der Waals surface area contributed by atoms with Gasteiger partial charge in [0.1, 0.15) is 10.7 Å². The zero-order chi connectivity index (χ0) is 15.0. The molecule has 1 atom stereocenters. The van der Waals surface area contributed by atoms with Crippen LogP contribution in [-0.4, -0.2) is 50.5 Å². The van der Waals surface area contributed by atoms with E-state index in [1.807, 2.05) is 0 Å². The van der Waals surface area contributed by atoms with Crippen molar-refractivity contribution in [1.82, 2.24) is 14.6 Å². The number of nitrogens with one attached hydrogen (secondary N) is 2. The van der Waals surface area contributed by atoms with Gasteiger partial charge in [-0.3, -0.25) is 4.90 Å². The lowest BCUT2D eigenvalue weighted by Gasteiger charge is -2.16. The van der Waals surface area contributed by atoms with Crippen LogP contribution in [0.15, 0.2) is 17.2 Å². The monoisotopic (exact) mass is 330 g/mol. The van der Waals surface area contributed by atoms with E-state index in [9.17, 15) is 8.42 Å². The molecule has 2 aliphatic rings. The maximum Gasteiger partial charge on any atom is 0.242 e. The van der Waals surface area contributed by atoms with Gasteiger partial charge in [0.25, 0.3) is 0 Å². The summed E-state index contributed by atoms with van der Waals surface area (Å²) in [5.74, 6) is 0.469. The van der Waals surface area contributed by atoms with E-state index >= 15 is 0 Å². The summed E-state index contributed by atoms with van der Waals surface area (Å²) in [6.07, 6.45) is 4.66. The van der Waals surface area contributed by atoms with Gasteiger partial charge in [-0.25, -0.2) is 18.1 Å². The van der Waals surface area contributed by atoms with Crippen molar-refractivity contribution >= 4 is 27.4 Å². The molecule has 2 N–H and O–H groups in total. The summed E-state index contributed by atoms with van der Waals surface area (Å²) in [6, 6.07) is 2.07. The van der Waals surface area contributed by atoms with Gasteiger partial charge in [-0.05, 0) is 25.3 Å². The molecule has 116 valence electrons. The number of nitrogens with zero attached hydrogens (tertiary/aromatic N) is 2. The zero-order valence-electron chi connectivity index (χ0n) is 11.8. The van der Waals surface area contributed by atoms with Gasteiger partial charge in [0, 0.05) is 38.4 Å². The Kier molecular flexibility index (Phi) is 4.09. The smallest absolute Gasteiger partial charge is 0.242 e. The van der Waals surface area contributed by atoms with Crippen molar-refractivity contribution < 1.29 is 8.42 Å². The van der Waals surface area contributed by atoms with Crippen LogP contribution in [0.2, 0.25) is 5.02 Å². The molecule has 2 fully saturated rings. The maximum absolute atomic E-state index is 12.4. The first-order valence-corrected chi connectivity index (χ1v) is 8.95. The summed E-state index contributed by atoms with van der Waals surface area (Å²) in [7, 11) is -1.89. The number of rotatable bonds is 5.